The molecule has 31 heavy (non-hydrogen) atoms. The van der Waals surface area contributed by atoms with Crippen molar-refractivity contribution in [2.24, 2.45) is 0 Å². The van der Waals surface area contributed by atoms with Gasteiger partial charge in [-0.05, 0) is 40.5 Å². The Balaban J connectivity index is 6.17. The van der Waals surface area contributed by atoms with Crippen molar-refractivity contribution >= 4 is 17.9 Å². The fraction of sp³-hybridized carbons (Fsp3) is 0.762. The van der Waals surface area contributed by atoms with Crippen molar-refractivity contribution in [3.63, 3.8) is 0 Å². The van der Waals surface area contributed by atoms with Crippen molar-refractivity contribution in [3.05, 3.63) is 12.2 Å². The highest BCUT2D eigenvalue weighted by Crippen LogP contribution is 2.17. The molecule has 0 saturated carbocycles. The van der Waals surface area contributed by atoms with E-state index in [4.69, 9.17) is 0 Å². The van der Waals surface area contributed by atoms with Crippen molar-refractivity contribution in [2.75, 3.05) is 66.5 Å². The maximum atomic E-state index is 11.5. The maximum absolute atomic E-state index is 11.5. The van der Waals surface area contributed by atoms with Crippen LogP contribution in [0, 0.1) is 0 Å². The summed E-state index contributed by atoms with van der Waals surface area (Å²) in [6.07, 6.45) is 0.856. The first-order valence-electron chi connectivity index (χ1n) is 10.6. The Hall–Kier alpha value is -2.01. The first-order valence-corrected chi connectivity index (χ1v) is 10.6. The maximum Gasteiger partial charge on any atom is 0.317 e. The molecule has 0 aromatic carbocycles. The van der Waals surface area contributed by atoms with Crippen LogP contribution < -0.4 is 0 Å². The van der Waals surface area contributed by atoms with Gasteiger partial charge in [0.05, 0.1) is 19.6 Å². The molecule has 2 unspecified atom stereocenters. The summed E-state index contributed by atoms with van der Waals surface area (Å²) in [7, 11) is 3.41. The van der Waals surface area contributed by atoms with Crippen LogP contribution >= 0.6 is 0 Å². The van der Waals surface area contributed by atoms with Crippen LogP contribution in [-0.4, -0.2) is 131 Å². The fourth-order valence-corrected chi connectivity index (χ4v) is 3.82. The molecule has 180 valence electrons. The average molecular weight is 445 g/mol. The molecule has 0 aliphatic rings. The molecule has 0 radical (unpaired) electrons. The molecular formula is C21H40N4O6. The van der Waals surface area contributed by atoms with Gasteiger partial charge >= 0.3 is 17.9 Å². The molecule has 0 amide bonds. The lowest BCUT2D eigenvalue weighted by Crippen LogP contribution is -2.61. The highest BCUT2D eigenvalue weighted by molar-refractivity contribution is 5.69. The molecule has 0 rings (SSSR count). The van der Waals surface area contributed by atoms with Crippen LogP contribution in [0.4, 0.5) is 0 Å². The number of hydrogen-bond acceptors (Lipinski definition) is 7. The number of nitrogens with zero attached hydrogens (tertiary/aromatic N) is 4. The summed E-state index contributed by atoms with van der Waals surface area (Å²) in [4.78, 5) is 41.4. The minimum absolute atomic E-state index is 0.147. The van der Waals surface area contributed by atoms with Gasteiger partial charge in [0, 0.05) is 31.7 Å². The number of carboxylic acid groups (broad SMARTS) is 3. The Labute approximate surface area is 185 Å². The number of aliphatic carboxylic acids is 3. The number of hydrogen-bond donors (Lipinski definition) is 3. The minimum Gasteiger partial charge on any atom is -0.480 e. The van der Waals surface area contributed by atoms with E-state index in [-0.39, 0.29) is 31.7 Å². The standard InChI is InChI=1S/C21H40N4O6/c1-7-9-25(10-16(3)4)18(12-23(6)14-20(28)29)17(11-22(5)13-19(26)27)24(8-2)15-21(30)31/h17-18H,3,7-15H2,1-2,4-6H3,(H,26,27)(H,28,29)(H,30,31). The molecule has 0 spiro atoms. The zero-order valence-corrected chi connectivity index (χ0v) is 19.6. The Morgan fingerprint density at radius 2 is 1.19 bits per heavy atom. The number of rotatable bonds is 18. The Bertz CT molecular complexity index is 600. The van der Waals surface area contributed by atoms with E-state index in [9.17, 15) is 29.7 Å². The molecule has 0 aromatic heterocycles. The lowest BCUT2D eigenvalue weighted by molar-refractivity contribution is -0.141. The summed E-state index contributed by atoms with van der Waals surface area (Å²) >= 11 is 0. The van der Waals surface area contributed by atoms with Crippen LogP contribution in [0.1, 0.15) is 27.2 Å². The lowest BCUT2D eigenvalue weighted by atomic mass is 10.0. The van der Waals surface area contributed by atoms with Crippen molar-refractivity contribution in [2.45, 2.75) is 39.3 Å². The summed E-state index contributed by atoms with van der Waals surface area (Å²) in [5.41, 5.74) is 0.943. The molecular weight excluding hydrogens is 404 g/mol. The smallest absolute Gasteiger partial charge is 0.317 e. The van der Waals surface area contributed by atoms with Gasteiger partial charge in [0.1, 0.15) is 0 Å². The molecule has 0 saturated heterocycles. The van der Waals surface area contributed by atoms with E-state index < -0.39 is 17.9 Å². The Kier molecular flexibility index (Phi) is 13.9. The second-order valence-corrected chi connectivity index (χ2v) is 8.20. The van der Waals surface area contributed by atoms with E-state index in [1.54, 1.807) is 23.9 Å². The molecule has 0 fully saturated rings. The Morgan fingerprint density at radius 1 is 0.774 bits per heavy atom. The average Bonchev–Trinajstić information content (AvgIpc) is 2.60. The largest absolute Gasteiger partial charge is 0.480 e. The third-order valence-electron chi connectivity index (χ3n) is 4.92. The zero-order valence-electron chi connectivity index (χ0n) is 19.6. The SMILES string of the molecule is C=C(C)CN(CCC)C(CN(C)CC(=O)O)C(CN(C)CC(=O)O)N(CC)CC(=O)O. The molecule has 0 heterocycles. The summed E-state index contributed by atoms with van der Waals surface area (Å²) in [5, 5.41) is 27.8. The van der Waals surface area contributed by atoms with Crippen molar-refractivity contribution in [1.29, 1.82) is 0 Å². The summed E-state index contributed by atoms with van der Waals surface area (Å²) < 4.78 is 0. The van der Waals surface area contributed by atoms with E-state index in [1.807, 2.05) is 25.7 Å². The predicted octanol–water partition coefficient (Wildman–Crippen LogP) is 0.451. The first-order chi connectivity index (χ1) is 14.4. The molecule has 0 aliphatic carbocycles. The molecule has 10 nitrogen and oxygen atoms in total. The number of carboxylic acids is 3. The van der Waals surface area contributed by atoms with Crippen LogP contribution in [0.5, 0.6) is 0 Å². The van der Waals surface area contributed by atoms with Crippen molar-refractivity contribution in [1.82, 2.24) is 19.6 Å². The van der Waals surface area contributed by atoms with Crippen LogP contribution in [-0.2, 0) is 14.4 Å². The third kappa shape index (κ3) is 12.4. The van der Waals surface area contributed by atoms with Gasteiger partial charge < -0.3 is 15.3 Å². The van der Waals surface area contributed by atoms with Gasteiger partial charge in [-0.1, -0.05) is 26.0 Å². The second kappa shape index (κ2) is 14.9. The summed E-state index contributed by atoms with van der Waals surface area (Å²) in [6.45, 7) is 11.8. The van der Waals surface area contributed by atoms with Crippen LogP contribution in [0.25, 0.3) is 0 Å². The number of carbonyl (C=O) groups is 3. The number of likely N-dealkylation sites (N-methyl/N-ethyl adjacent to an activating group) is 3. The quantitative estimate of drug-likeness (QED) is 0.257. The van der Waals surface area contributed by atoms with Gasteiger partial charge in [-0.3, -0.25) is 34.0 Å². The third-order valence-corrected chi connectivity index (χ3v) is 4.92. The zero-order chi connectivity index (χ0) is 24.1. The van der Waals surface area contributed by atoms with Crippen LogP contribution in [0.15, 0.2) is 12.2 Å². The minimum atomic E-state index is -0.965. The van der Waals surface area contributed by atoms with Crippen LogP contribution in [0.3, 0.4) is 0 Å². The summed E-state index contributed by atoms with van der Waals surface area (Å²) in [6, 6.07) is -0.552. The second-order valence-electron chi connectivity index (χ2n) is 8.20. The molecule has 3 N–H and O–H groups in total. The van der Waals surface area contributed by atoms with E-state index >= 15 is 0 Å². The molecule has 0 aromatic rings. The molecule has 0 bridgehead atoms. The van der Waals surface area contributed by atoms with Gasteiger partial charge in [0.25, 0.3) is 0 Å². The van der Waals surface area contributed by atoms with Gasteiger partial charge in [-0.15, -0.1) is 0 Å². The van der Waals surface area contributed by atoms with E-state index in [1.165, 1.54) is 0 Å². The van der Waals surface area contributed by atoms with Gasteiger partial charge in [0.2, 0.25) is 0 Å². The molecule has 2 atom stereocenters. The lowest BCUT2D eigenvalue weighted by Gasteiger charge is -2.44. The topological polar surface area (TPSA) is 125 Å². The van der Waals surface area contributed by atoms with Gasteiger partial charge in [0.15, 0.2) is 0 Å². The predicted molar refractivity (Wildman–Crippen MR) is 119 cm³/mol. The van der Waals surface area contributed by atoms with Crippen molar-refractivity contribution in [3.8, 4) is 0 Å². The highest BCUT2D eigenvalue weighted by Gasteiger charge is 2.34. The van der Waals surface area contributed by atoms with E-state index in [0.717, 1.165) is 18.5 Å². The highest BCUT2D eigenvalue weighted by atomic mass is 16.4. The van der Waals surface area contributed by atoms with E-state index in [2.05, 4.69) is 11.5 Å². The van der Waals surface area contributed by atoms with E-state index in [0.29, 0.717) is 26.2 Å². The fourth-order valence-electron chi connectivity index (χ4n) is 3.82. The first kappa shape index (κ1) is 29.0. The normalized spacial score (nSPS) is 13.7. The Morgan fingerprint density at radius 3 is 1.52 bits per heavy atom. The van der Waals surface area contributed by atoms with Gasteiger partial charge in [-0.2, -0.15) is 0 Å². The monoisotopic (exact) mass is 444 g/mol. The van der Waals surface area contributed by atoms with Crippen LogP contribution in [0.2, 0.25) is 0 Å². The summed E-state index contributed by atoms with van der Waals surface area (Å²) in [5.74, 6) is -2.87. The van der Waals surface area contributed by atoms with Gasteiger partial charge in [-0.25, -0.2) is 0 Å². The van der Waals surface area contributed by atoms with Crippen molar-refractivity contribution < 1.29 is 29.7 Å². The molecule has 10 heteroatoms. The molecule has 0 aliphatic heterocycles.